The maximum atomic E-state index is 11.7. The molecule has 5 nitrogen and oxygen atoms in total. The lowest BCUT2D eigenvalue weighted by atomic mass is 9.97. The van der Waals surface area contributed by atoms with Crippen molar-refractivity contribution in [1.82, 2.24) is 4.57 Å². The van der Waals surface area contributed by atoms with Gasteiger partial charge in [0, 0.05) is 18.5 Å². The van der Waals surface area contributed by atoms with Gasteiger partial charge in [-0.05, 0) is 11.6 Å². The number of benzene rings is 1. The van der Waals surface area contributed by atoms with Crippen LogP contribution < -0.4 is 0 Å². The molecule has 1 aliphatic heterocycles. The Morgan fingerprint density at radius 2 is 2.05 bits per heavy atom. The number of hydrogen-bond acceptors (Lipinski definition) is 4. The lowest BCUT2D eigenvalue weighted by molar-refractivity contribution is -0.152. The van der Waals surface area contributed by atoms with Crippen molar-refractivity contribution in [3.63, 3.8) is 0 Å². The van der Waals surface area contributed by atoms with E-state index in [0.29, 0.717) is 5.56 Å². The Bertz CT molecular complexity index is 713. The Balaban J connectivity index is 2.22. The number of fused-ring (bicyclic) bond motifs is 1. The van der Waals surface area contributed by atoms with E-state index in [9.17, 15) is 14.4 Å². The Hall–Kier alpha value is -2.43. The van der Waals surface area contributed by atoms with E-state index < -0.39 is 17.9 Å². The van der Waals surface area contributed by atoms with Gasteiger partial charge in [-0.3, -0.25) is 19.0 Å². The summed E-state index contributed by atoms with van der Waals surface area (Å²) in [5.41, 5.74) is 1.40. The van der Waals surface area contributed by atoms with Gasteiger partial charge in [0.05, 0.1) is 17.9 Å². The highest BCUT2D eigenvalue weighted by atomic mass is 16.6. The van der Waals surface area contributed by atoms with Crippen LogP contribution >= 0.6 is 0 Å². The van der Waals surface area contributed by atoms with E-state index in [0.717, 1.165) is 10.9 Å². The van der Waals surface area contributed by atoms with Crippen LogP contribution in [-0.4, -0.2) is 22.4 Å². The molecule has 0 radical (unpaired) electrons. The number of esters is 2. The largest absolute Gasteiger partial charge is 0.393 e. The van der Waals surface area contributed by atoms with Crippen LogP contribution in [0.5, 0.6) is 0 Å². The van der Waals surface area contributed by atoms with E-state index in [-0.39, 0.29) is 12.3 Å². The molecule has 0 aliphatic carbocycles. The Morgan fingerprint density at radius 3 is 2.68 bits per heavy atom. The minimum absolute atomic E-state index is 0.0325. The molecule has 1 saturated heterocycles. The highest BCUT2D eigenvalue weighted by Gasteiger charge is 2.36. The van der Waals surface area contributed by atoms with Crippen LogP contribution in [0.2, 0.25) is 0 Å². The number of rotatable bonds is 1. The van der Waals surface area contributed by atoms with Crippen LogP contribution in [0.25, 0.3) is 10.9 Å². The summed E-state index contributed by atoms with van der Waals surface area (Å²) in [6.07, 6.45) is 1.66. The summed E-state index contributed by atoms with van der Waals surface area (Å²) >= 11 is 0. The molecule has 5 heteroatoms. The number of ether oxygens (including phenoxy) is 1. The molecule has 1 aromatic carbocycles. The zero-order valence-corrected chi connectivity index (χ0v) is 10.3. The van der Waals surface area contributed by atoms with Gasteiger partial charge in [0.25, 0.3) is 0 Å². The van der Waals surface area contributed by atoms with Crippen molar-refractivity contribution < 1.29 is 19.1 Å². The maximum Gasteiger partial charge on any atom is 0.321 e. The maximum absolute atomic E-state index is 11.7. The summed E-state index contributed by atoms with van der Waals surface area (Å²) in [6, 6.07) is 7.30. The van der Waals surface area contributed by atoms with Gasteiger partial charge < -0.3 is 4.74 Å². The first-order valence-corrected chi connectivity index (χ1v) is 5.93. The van der Waals surface area contributed by atoms with Gasteiger partial charge in [0.1, 0.15) is 0 Å². The number of carbonyl (C=O) groups is 3. The molecule has 0 N–H and O–H groups in total. The summed E-state index contributed by atoms with van der Waals surface area (Å²) in [6.45, 7) is 1.45. The second kappa shape index (κ2) is 4.05. The molecule has 1 atom stereocenters. The lowest BCUT2D eigenvalue weighted by Gasteiger charge is -2.01. The predicted octanol–water partition coefficient (Wildman–Crippen LogP) is 1.86. The molecule has 0 bridgehead atoms. The molecule has 1 aliphatic rings. The van der Waals surface area contributed by atoms with Gasteiger partial charge >= 0.3 is 11.9 Å². The topological polar surface area (TPSA) is 65.4 Å². The molecule has 19 heavy (non-hydrogen) atoms. The molecular weight excluding hydrogens is 246 g/mol. The van der Waals surface area contributed by atoms with Gasteiger partial charge in [0.2, 0.25) is 5.91 Å². The van der Waals surface area contributed by atoms with Crippen molar-refractivity contribution in [2.24, 2.45) is 0 Å². The van der Waals surface area contributed by atoms with Gasteiger partial charge in [-0.25, -0.2) is 0 Å². The van der Waals surface area contributed by atoms with Crippen LogP contribution in [0.3, 0.4) is 0 Å². The Labute approximate surface area is 108 Å². The van der Waals surface area contributed by atoms with Gasteiger partial charge in [0.15, 0.2) is 0 Å². The number of carbonyl (C=O) groups excluding carboxylic acids is 3. The quantitative estimate of drug-likeness (QED) is 0.577. The van der Waals surface area contributed by atoms with Crippen molar-refractivity contribution in [2.45, 2.75) is 19.3 Å². The molecule has 2 heterocycles. The SMILES string of the molecule is CC(=O)n1cc([C@@H]2CC(=O)OC2=O)c2ccccc21. The van der Waals surface area contributed by atoms with E-state index in [1.165, 1.54) is 11.5 Å². The molecule has 0 unspecified atom stereocenters. The first-order chi connectivity index (χ1) is 9.08. The highest BCUT2D eigenvalue weighted by Crippen LogP contribution is 2.34. The summed E-state index contributed by atoms with van der Waals surface area (Å²) in [5.74, 6) is -1.82. The van der Waals surface area contributed by atoms with E-state index >= 15 is 0 Å². The number of para-hydroxylation sites is 1. The van der Waals surface area contributed by atoms with Crippen LogP contribution in [0.15, 0.2) is 30.5 Å². The number of nitrogens with zero attached hydrogens (tertiary/aromatic N) is 1. The second-order valence-electron chi connectivity index (χ2n) is 4.54. The molecule has 2 aromatic rings. The summed E-state index contributed by atoms with van der Waals surface area (Å²) in [7, 11) is 0. The normalized spacial score (nSPS) is 18.9. The fraction of sp³-hybridized carbons (Fsp3) is 0.214. The third-order valence-electron chi connectivity index (χ3n) is 3.33. The zero-order valence-electron chi connectivity index (χ0n) is 10.3. The fourth-order valence-electron chi connectivity index (χ4n) is 2.46. The van der Waals surface area contributed by atoms with Gasteiger partial charge in [-0.15, -0.1) is 0 Å². The highest BCUT2D eigenvalue weighted by molar-refractivity contribution is 6.02. The van der Waals surface area contributed by atoms with Crippen LogP contribution in [-0.2, 0) is 14.3 Å². The number of hydrogen-bond donors (Lipinski definition) is 0. The lowest BCUT2D eigenvalue weighted by Crippen LogP contribution is -2.06. The van der Waals surface area contributed by atoms with E-state index in [1.54, 1.807) is 6.20 Å². The number of cyclic esters (lactones) is 2. The zero-order chi connectivity index (χ0) is 13.6. The van der Waals surface area contributed by atoms with Gasteiger partial charge in [-0.2, -0.15) is 0 Å². The molecule has 1 aromatic heterocycles. The predicted molar refractivity (Wildman–Crippen MR) is 66.7 cm³/mol. The van der Waals surface area contributed by atoms with Crippen molar-refractivity contribution in [1.29, 1.82) is 0 Å². The Kier molecular flexibility index (Phi) is 2.48. The number of aromatic nitrogens is 1. The van der Waals surface area contributed by atoms with Crippen molar-refractivity contribution in [3.8, 4) is 0 Å². The third-order valence-corrected chi connectivity index (χ3v) is 3.33. The first kappa shape index (κ1) is 11.6. The van der Waals surface area contributed by atoms with E-state index in [4.69, 9.17) is 0 Å². The fourth-order valence-corrected chi connectivity index (χ4v) is 2.46. The molecule has 96 valence electrons. The Morgan fingerprint density at radius 1 is 1.32 bits per heavy atom. The van der Waals surface area contributed by atoms with Crippen LogP contribution in [0.1, 0.15) is 29.6 Å². The first-order valence-electron chi connectivity index (χ1n) is 5.93. The van der Waals surface area contributed by atoms with Crippen molar-refractivity contribution in [2.75, 3.05) is 0 Å². The third kappa shape index (κ3) is 1.74. The minimum Gasteiger partial charge on any atom is -0.393 e. The molecule has 0 amide bonds. The van der Waals surface area contributed by atoms with Crippen molar-refractivity contribution in [3.05, 3.63) is 36.0 Å². The van der Waals surface area contributed by atoms with Gasteiger partial charge in [-0.1, -0.05) is 18.2 Å². The molecule has 1 fully saturated rings. The average molecular weight is 257 g/mol. The molecular formula is C14H11NO4. The average Bonchev–Trinajstić information content (AvgIpc) is 2.89. The molecule has 0 saturated carbocycles. The summed E-state index contributed by atoms with van der Waals surface area (Å²) in [4.78, 5) is 34.5. The van der Waals surface area contributed by atoms with E-state index in [2.05, 4.69) is 4.74 Å². The van der Waals surface area contributed by atoms with E-state index in [1.807, 2.05) is 24.3 Å². The summed E-state index contributed by atoms with van der Waals surface area (Å²) < 4.78 is 6.06. The van der Waals surface area contributed by atoms with Crippen molar-refractivity contribution >= 4 is 28.7 Å². The monoisotopic (exact) mass is 257 g/mol. The minimum atomic E-state index is -0.613. The standard InChI is InChI=1S/C14H11NO4/c1-8(16)15-7-11(9-4-2-3-5-12(9)15)10-6-13(17)19-14(10)18/h2-5,7,10H,6H2,1H3/t10-/m0/s1. The van der Waals surface area contributed by atoms with Crippen LogP contribution in [0.4, 0.5) is 0 Å². The smallest absolute Gasteiger partial charge is 0.321 e. The second-order valence-corrected chi connectivity index (χ2v) is 4.54. The summed E-state index contributed by atoms with van der Waals surface area (Å²) in [5, 5.41) is 0.800. The molecule has 0 spiro atoms. The molecule has 3 rings (SSSR count). The van der Waals surface area contributed by atoms with Crippen LogP contribution in [0, 0.1) is 0 Å².